The Morgan fingerprint density at radius 3 is 2.18 bits per heavy atom. The van der Waals surface area contributed by atoms with Crippen LogP contribution in [0.5, 0.6) is 5.75 Å². The predicted molar refractivity (Wildman–Crippen MR) is 93.1 cm³/mol. The Hall–Kier alpha value is -3.93. The van der Waals surface area contributed by atoms with E-state index >= 15 is 0 Å². The Balaban J connectivity index is 1.70. The van der Waals surface area contributed by atoms with Crippen molar-refractivity contribution in [2.75, 3.05) is 0 Å². The number of hydrogen-bond acceptors (Lipinski definition) is 5. The standard InChI is InChI=1S/C19H10F3N5O/c20-19(21,22)28-15-7-5-13(6-8-15)16-9-10-17-24-25-18(27(17)26-16)14-3-1-12(11-23)2-4-14/h1-10H. The molecule has 2 heterocycles. The maximum absolute atomic E-state index is 12.3. The third-order valence-corrected chi connectivity index (χ3v) is 3.92. The number of nitrogens with zero attached hydrogens (tertiary/aromatic N) is 5. The van der Waals surface area contributed by atoms with Crippen LogP contribution in [0, 0.1) is 11.3 Å². The van der Waals surface area contributed by atoms with Gasteiger partial charge in [-0.3, -0.25) is 0 Å². The molecule has 0 saturated heterocycles. The summed E-state index contributed by atoms with van der Waals surface area (Å²) in [4.78, 5) is 0. The second-order valence-electron chi connectivity index (χ2n) is 5.77. The fourth-order valence-corrected chi connectivity index (χ4v) is 2.64. The topological polar surface area (TPSA) is 76.1 Å². The van der Waals surface area contributed by atoms with Crippen LogP contribution in [0.2, 0.25) is 0 Å². The van der Waals surface area contributed by atoms with Gasteiger partial charge in [0.15, 0.2) is 11.5 Å². The van der Waals surface area contributed by atoms with Crippen molar-refractivity contribution in [2.24, 2.45) is 0 Å². The zero-order chi connectivity index (χ0) is 19.7. The van der Waals surface area contributed by atoms with E-state index < -0.39 is 6.36 Å². The van der Waals surface area contributed by atoms with Crippen LogP contribution in [-0.2, 0) is 0 Å². The van der Waals surface area contributed by atoms with Crippen LogP contribution < -0.4 is 4.74 Å². The Morgan fingerprint density at radius 1 is 0.857 bits per heavy atom. The molecule has 0 bridgehead atoms. The van der Waals surface area contributed by atoms with Crippen LogP contribution in [0.15, 0.2) is 60.7 Å². The van der Waals surface area contributed by atoms with Crippen LogP contribution in [0.3, 0.4) is 0 Å². The maximum Gasteiger partial charge on any atom is 0.573 e. The van der Waals surface area contributed by atoms with Gasteiger partial charge in [0.2, 0.25) is 0 Å². The maximum atomic E-state index is 12.3. The minimum atomic E-state index is -4.74. The van der Waals surface area contributed by atoms with E-state index in [1.54, 1.807) is 36.4 Å². The third-order valence-electron chi connectivity index (χ3n) is 3.92. The molecule has 0 N–H and O–H groups in total. The first-order valence-electron chi connectivity index (χ1n) is 8.02. The van der Waals surface area contributed by atoms with Gasteiger partial charge in [-0.1, -0.05) is 0 Å². The molecule has 28 heavy (non-hydrogen) atoms. The Labute approximate surface area is 156 Å². The van der Waals surface area contributed by atoms with Gasteiger partial charge in [0.1, 0.15) is 5.75 Å². The molecule has 0 unspecified atom stereocenters. The molecule has 138 valence electrons. The van der Waals surface area contributed by atoms with Gasteiger partial charge >= 0.3 is 6.36 Å². The van der Waals surface area contributed by atoms with Crippen molar-refractivity contribution in [1.82, 2.24) is 19.8 Å². The molecule has 0 aliphatic heterocycles. The number of ether oxygens (including phenoxy) is 1. The van der Waals surface area contributed by atoms with E-state index in [-0.39, 0.29) is 5.75 Å². The number of alkyl halides is 3. The van der Waals surface area contributed by atoms with Gasteiger partial charge in [-0.2, -0.15) is 14.9 Å². The largest absolute Gasteiger partial charge is 0.573 e. The van der Waals surface area contributed by atoms with E-state index in [0.29, 0.717) is 28.3 Å². The lowest BCUT2D eigenvalue weighted by Gasteiger charge is -2.09. The normalized spacial score (nSPS) is 11.4. The van der Waals surface area contributed by atoms with Crippen LogP contribution in [-0.4, -0.2) is 26.2 Å². The summed E-state index contributed by atoms with van der Waals surface area (Å²) in [6.45, 7) is 0. The van der Waals surface area contributed by atoms with Crippen LogP contribution in [0.25, 0.3) is 28.3 Å². The highest BCUT2D eigenvalue weighted by Gasteiger charge is 2.31. The fraction of sp³-hybridized carbons (Fsp3) is 0.0526. The molecule has 4 aromatic rings. The highest BCUT2D eigenvalue weighted by Crippen LogP contribution is 2.26. The van der Waals surface area contributed by atoms with Gasteiger partial charge in [-0.05, 0) is 60.7 Å². The first-order chi connectivity index (χ1) is 13.4. The van der Waals surface area contributed by atoms with Crippen molar-refractivity contribution in [3.05, 3.63) is 66.2 Å². The third kappa shape index (κ3) is 3.48. The van der Waals surface area contributed by atoms with E-state index in [0.717, 1.165) is 5.56 Å². The number of halogens is 3. The van der Waals surface area contributed by atoms with Gasteiger partial charge in [-0.15, -0.1) is 23.4 Å². The average Bonchev–Trinajstić information content (AvgIpc) is 3.10. The van der Waals surface area contributed by atoms with E-state index in [1.165, 1.54) is 28.8 Å². The Bertz CT molecular complexity index is 1180. The second kappa shape index (κ2) is 6.66. The summed E-state index contributed by atoms with van der Waals surface area (Å²) in [5.74, 6) is 0.179. The number of fused-ring (bicyclic) bond motifs is 1. The van der Waals surface area contributed by atoms with Gasteiger partial charge in [0, 0.05) is 11.1 Å². The summed E-state index contributed by atoms with van der Waals surface area (Å²) in [6.07, 6.45) is -4.74. The van der Waals surface area contributed by atoms with Crippen molar-refractivity contribution in [2.45, 2.75) is 6.36 Å². The van der Waals surface area contributed by atoms with Gasteiger partial charge in [0.05, 0.1) is 17.3 Å². The molecule has 0 aliphatic carbocycles. The monoisotopic (exact) mass is 381 g/mol. The van der Waals surface area contributed by atoms with Crippen molar-refractivity contribution in [3.8, 4) is 34.5 Å². The SMILES string of the molecule is N#Cc1ccc(-c2nnc3ccc(-c4ccc(OC(F)(F)F)cc4)nn23)cc1. The fourth-order valence-electron chi connectivity index (χ4n) is 2.64. The Morgan fingerprint density at radius 2 is 1.54 bits per heavy atom. The molecule has 0 radical (unpaired) electrons. The van der Waals surface area contributed by atoms with E-state index in [2.05, 4.69) is 20.0 Å². The lowest BCUT2D eigenvalue weighted by atomic mass is 10.1. The smallest absolute Gasteiger partial charge is 0.406 e. The molecule has 2 aromatic heterocycles. The molecule has 9 heteroatoms. The first-order valence-corrected chi connectivity index (χ1v) is 8.02. The van der Waals surface area contributed by atoms with Crippen molar-refractivity contribution >= 4 is 5.65 Å². The molecule has 0 amide bonds. The highest BCUT2D eigenvalue weighted by atomic mass is 19.4. The average molecular weight is 381 g/mol. The van der Waals surface area contributed by atoms with E-state index in [9.17, 15) is 13.2 Å². The molecule has 4 rings (SSSR count). The summed E-state index contributed by atoms with van der Waals surface area (Å²) in [6, 6.07) is 17.7. The molecule has 0 atom stereocenters. The van der Waals surface area contributed by atoms with Gasteiger partial charge in [-0.25, -0.2) is 0 Å². The molecule has 0 aliphatic rings. The Kier molecular flexibility index (Phi) is 4.16. The number of aromatic nitrogens is 4. The van der Waals surface area contributed by atoms with Crippen molar-refractivity contribution in [1.29, 1.82) is 5.26 Å². The summed E-state index contributed by atoms with van der Waals surface area (Å²) < 4.78 is 42.3. The van der Waals surface area contributed by atoms with Crippen LogP contribution >= 0.6 is 0 Å². The second-order valence-corrected chi connectivity index (χ2v) is 5.77. The predicted octanol–water partition coefficient (Wildman–Crippen LogP) is 4.23. The van der Waals surface area contributed by atoms with Crippen LogP contribution in [0.1, 0.15) is 5.56 Å². The molecule has 0 fully saturated rings. The molecule has 0 spiro atoms. The number of benzene rings is 2. The van der Waals surface area contributed by atoms with E-state index in [1.807, 2.05) is 6.07 Å². The van der Waals surface area contributed by atoms with Gasteiger partial charge < -0.3 is 4.74 Å². The minimum absolute atomic E-state index is 0.306. The minimum Gasteiger partial charge on any atom is -0.406 e. The highest BCUT2D eigenvalue weighted by molar-refractivity contribution is 5.64. The van der Waals surface area contributed by atoms with Gasteiger partial charge in [0.25, 0.3) is 0 Å². The van der Waals surface area contributed by atoms with Crippen LogP contribution in [0.4, 0.5) is 13.2 Å². The summed E-state index contributed by atoms with van der Waals surface area (Å²) in [5, 5.41) is 21.6. The summed E-state index contributed by atoms with van der Waals surface area (Å²) in [5.41, 5.74) is 2.90. The molecule has 2 aromatic carbocycles. The number of hydrogen-bond donors (Lipinski definition) is 0. The molecule has 0 saturated carbocycles. The van der Waals surface area contributed by atoms with E-state index in [4.69, 9.17) is 5.26 Å². The lowest BCUT2D eigenvalue weighted by Crippen LogP contribution is -2.16. The summed E-state index contributed by atoms with van der Waals surface area (Å²) in [7, 11) is 0. The first kappa shape index (κ1) is 17.5. The van der Waals surface area contributed by atoms with Crippen molar-refractivity contribution in [3.63, 3.8) is 0 Å². The molecular weight excluding hydrogens is 371 g/mol. The summed E-state index contributed by atoms with van der Waals surface area (Å²) >= 11 is 0. The number of nitriles is 1. The molecule has 6 nitrogen and oxygen atoms in total. The quantitative estimate of drug-likeness (QED) is 0.531. The zero-order valence-electron chi connectivity index (χ0n) is 14.1. The lowest BCUT2D eigenvalue weighted by molar-refractivity contribution is -0.274. The van der Waals surface area contributed by atoms with Crippen molar-refractivity contribution < 1.29 is 17.9 Å². The number of rotatable bonds is 3. The molecular formula is C19H10F3N5O. The zero-order valence-corrected chi connectivity index (χ0v) is 14.1.